The Balaban J connectivity index is 1.47. The highest BCUT2D eigenvalue weighted by Crippen LogP contribution is 2.44. The summed E-state index contributed by atoms with van der Waals surface area (Å²) in [7, 11) is 0. The molecule has 7 heteroatoms. The summed E-state index contributed by atoms with van der Waals surface area (Å²) in [4.78, 5) is 34.9. The maximum Gasteiger partial charge on any atom is 0.407 e. The van der Waals surface area contributed by atoms with Crippen LogP contribution in [-0.4, -0.2) is 42.3 Å². The monoisotopic (exact) mass is 422 g/mol. The highest BCUT2D eigenvalue weighted by molar-refractivity contribution is 5.91. The van der Waals surface area contributed by atoms with Gasteiger partial charge >= 0.3 is 12.1 Å². The maximum absolute atomic E-state index is 12.1. The molecule has 0 radical (unpaired) electrons. The van der Waals surface area contributed by atoms with Gasteiger partial charge < -0.3 is 20.5 Å². The quantitative estimate of drug-likeness (QED) is 0.537. The van der Waals surface area contributed by atoms with E-state index in [1.807, 2.05) is 43.3 Å². The Kier molecular flexibility index (Phi) is 7.43. The van der Waals surface area contributed by atoms with Gasteiger partial charge in [0.1, 0.15) is 12.6 Å². The van der Waals surface area contributed by atoms with Crippen molar-refractivity contribution in [2.24, 2.45) is 0 Å². The summed E-state index contributed by atoms with van der Waals surface area (Å²) in [6.45, 7) is 2.15. The first-order valence-corrected chi connectivity index (χ1v) is 10.3. The van der Waals surface area contributed by atoms with Crippen LogP contribution in [0, 0.1) is 0 Å². The van der Waals surface area contributed by atoms with E-state index in [1.165, 1.54) is 12.2 Å². The number of rotatable bonds is 9. The van der Waals surface area contributed by atoms with Gasteiger partial charge in [0.25, 0.3) is 0 Å². The Hall–Kier alpha value is -3.61. The molecule has 1 aliphatic carbocycles. The van der Waals surface area contributed by atoms with Gasteiger partial charge in [-0.15, -0.1) is 0 Å². The van der Waals surface area contributed by atoms with Crippen molar-refractivity contribution in [3.05, 3.63) is 71.8 Å². The number of hydrogen-bond donors (Lipinski definition) is 3. The van der Waals surface area contributed by atoms with E-state index in [1.54, 1.807) is 0 Å². The van der Waals surface area contributed by atoms with Crippen molar-refractivity contribution in [3.63, 3.8) is 0 Å². The van der Waals surface area contributed by atoms with Gasteiger partial charge in [-0.2, -0.15) is 0 Å². The third-order valence-corrected chi connectivity index (χ3v) is 5.17. The molecule has 162 valence electrons. The molecule has 0 saturated carbocycles. The molecule has 3 rings (SSSR count). The minimum Gasteiger partial charge on any atom is -0.480 e. The van der Waals surface area contributed by atoms with Crippen LogP contribution < -0.4 is 10.6 Å². The second kappa shape index (κ2) is 10.4. The second-order valence-corrected chi connectivity index (χ2v) is 7.30. The predicted octanol–water partition coefficient (Wildman–Crippen LogP) is 3.45. The number of hydrogen-bond acceptors (Lipinski definition) is 4. The van der Waals surface area contributed by atoms with Crippen molar-refractivity contribution in [1.82, 2.24) is 10.6 Å². The summed E-state index contributed by atoms with van der Waals surface area (Å²) in [5, 5.41) is 14.0. The van der Waals surface area contributed by atoms with E-state index >= 15 is 0 Å². The molecule has 2 amide bonds. The number of nitrogens with one attached hydrogen (secondary N) is 2. The summed E-state index contributed by atoms with van der Waals surface area (Å²) in [6.07, 6.45) is 3.06. The summed E-state index contributed by atoms with van der Waals surface area (Å²) in [5.41, 5.74) is 4.58. The average molecular weight is 422 g/mol. The Morgan fingerprint density at radius 3 is 2.26 bits per heavy atom. The lowest BCUT2D eigenvalue weighted by atomic mass is 9.98. The van der Waals surface area contributed by atoms with E-state index in [9.17, 15) is 14.4 Å². The molecule has 3 N–H and O–H groups in total. The molecule has 31 heavy (non-hydrogen) atoms. The zero-order valence-corrected chi connectivity index (χ0v) is 17.3. The van der Waals surface area contributed by atoms with Gasteiger partial charge in [0.2, 0.25) is 5.91 Å². The molecule has 2 aromatic carbocycles. The molecule has 0 bridgehead atoms. The Morgan fingerprint density at radius 1 is 1.06 bits per heavy atom. The van der Waals surface area contributed by atoms with E-state index in [-0.39, 0.29) is 19.1 Å². The van der Waals surface area contributed by atoms with E-state index in [2.05, 4.69) is 22.8 Å². The molecule has 0 saturated heterocycles. The summed E-state index contributed by atoms with van der Waals surface area (Å²) < 4.78 is 5.41. The standard InChI is InChI=1S/C24H26N2O5/c1-2-8-21(23(28)29)26-22(27)13-7-14-25-24(30)31-15-20-18-11-5-3-9-16(18)17-10-4-6-12-19(17)20/h3-7,9-13,20-21H,2,8,14-15H2,1H3,(H,25,30)(H,26,27)(H,28,29)/b13-7+/t21-/m1/s1. The topological polar surface area (TPSA) is 105 Å². The van der Waals surface area contributed by atoms with Crippen molar-refractivity contribution in [1.29, 1.82) is 0 Å². The van der Waals surface area contributed by atoms with Gasteiger partial charge in [-0.3, -0.25) is 4.79 Å². The molecule has 7 nitrogen and oxygen atoms in total. The van der Waals surface area contributed by atoms with Crippen LogP contribution in [0.4, 0.5) is 4.79 Å². The molecule has 0 fully saturated rings. The fourth-order valence-corrected chi connectivity index (χ4v) is 3.72. The van der Waals surface area contributed by atoms with Gasteiger partial charge in [0.05, 0.1) is 0 Å². The SMILES string of the molecule is CCC[C@@H](NC(=O)/C=C/CNC(=O)OCC1c2ccccc2-c2ccccc21)C(=O)O. The summed E-state index contributed by atoms with van der Waals surface area (Å²) >= 11 is 0. The number of carbonyl (C=O) groups excluding carboxylic acids is 2. The molecule has 0 aliphatic heterocycles. The van der Waals surface area contributed by atoms with Crippen LogP contribution in [0.3, 0.4) is 0 Å². The molecule has 2 aromatic rings. The van der Waals surface area contributed by atoms with Crippen molar-refractivity contribution >= 4 is 18.0 Å². The number of amides is 2. The maximum atomic E-state index is 12.1. The first-order valence-electron chi connectivity index (χ1n) is 10.3. The predicted molar refractivity (Wildman–Crippen MR) is 117 cm³/mol. The number of aliphatic carboxylic acids is 1. The molecular formula is C24H26N2O5. The van der Waals surface area contributed by atoms with Crippen molar-refractivity contribution in [2.75, 3.05) is 13.2 Å². The van der Waals surface area contributed by atoms with Crippen molar-refractivity contribution in [2.45, 2.75) is 31.7 Å². The number of carbonyl (C=O) groups is 3. The molecule has 1 atom stereocenters. The third kappa shape index (κ3) is 5.51. The molecule has 0 unspecified atom stereocenters. The Labute approximate surface area is 181 Å². The van der Waals surface area contributed by atoms with E-state index in [0.29, 0.717) is 12.8 Å². The number of benzene rings is 2. The van der Waals surface area contributed by atoms with Crippen molar-refractivity contribution in [3.8, 4) is 11.1 Å². The number of carboxylic acid groups (broad SMARTS) is 1. The lowest BCUT2D eigenvalue weighted by Gasteiger charge is -2.14. The van der Waals surface area contributed by atoms with Gasteiger partial charge in [-0.25, -0.2) is 9.59 Å². The minimum absolute atomic E-state index is 0.0222. The van der Waals surface area contributed by atoms with Crippen LogP contribution in [0.15, 0.2) is 60.7 Å². The number of carboxylic acids is 1. The Morgan fingerprint density at radius 2 is 1.68 bits per heavy atom. The zero-order valence-electron chi connectivity index (χ0n) is 17.3. The smallest absolute Gasteiger partial charge is 0.407 e. The molecule has 1 aliphatic rings. The molecule has 0 heterocycles. The molecular weight excluding hydrogens is 396 g/mol. The van der Waals surface area contributed by atoms with Gasteiger partial charge in [-0.05, 0) is 28.7 Å². The van der Waals surface area contributed by atoms with Crippen LogP contribution in [0.2, 0.25) is 0 Å². The number of ether oxygens (including phenoxy) is 1. The lowest BCUT2D eigenvalue weighted by molar-refractivity contribution is -0.141. The normalized spacial score (nSPS) is 13.3. The fraction of sp³-hybridized carbons (Fsp3) is 0.292. The largest absolute Gasteiger partial charge is 0.480 e. The van der Waals surface area contributed by atoms with Crippen LogP contribution in [0.25, 0.3) is 11.1 Å². The van der Waals surface area contributed by atoms with Gasteiger partial charge in [-0.1, -0.05) is 68.0 Å². The second-order valence-electron chi connectivity index (χ2n) is 7.30. The zero-order chi connectivity index (χ0) is 22.2. The van der Waals surface area contributed by atoms with Crippen LogP contribution in [0.5, 0.6) is 0 Å². The third-order valence-electron chi connectivity index (χ3n) is 5.17. The molecule has 0 spiro atoms. The first-order chi connectivity index (χ1) is 15.0. The van der Waals surface area contributed by atoms with E-state index < -0.39 is 24.0 Å². The van der Waals surface area contributed by atoms with Crippen LogP contribution in [-0.2, 0) is 14.3 Å². The summed E-state index contributed by atoms with van der Waals surface area (Å²) in [6, 6.07) is 15.3. The van der Waals surface area contributed by atoms with E-state index in [0.717, 1.165) is 22.3 Å². The number of alkyl carbamates (subject to hydrolysis) is 1. The summed E-state index contributed by atoms with van der Waals surface area (Å²) in [5.74, 6) is -1.61. The van der Waals surface area contributed by atoms with Crippen LogP contribution in [0.1, 0.15) is 36.8 Å². The number of fused-ring (bicyclic) bond motifs is 3. The van der Waals surface area contributed by atoms with Crippen LogP contribution >= 0.6 is 0 Å². The van der Waals surface area contributed by atoms with Gasteiger partial charge in [0.15, 0.2) is 0 Å². The average Bonchev–Trinajstić information content (AvgIpc) is 3.09. The minimum atomic E-state index is -1.07. The highest BCUT2D eigenvalue weighted by atomic mass is 16.5. The fourth-order valence-electron chi connectivity index (χ4n) is 3.72. The van der Waals surface area contributed by atoms with E-state index in [4.69, 9.17) is 9.84 Å². The Bertz CT molecular complexity index is 940. The highest BCUT2D eigenvalue weighted by Gasteiger charge is 2.28. The molecule has 0 aromatic heterocycles. The van der Waals surface area contributed by atoms with Crippen molar-refractivity contribution < 1.29 is 24.2 Å². The lowest BCUT2D eigenvalue weighted by Crippen LogP contribution is -2.39. The van der Waals surface area contributed by atoms with Gasteiger partial charge in [0, 0.05) is 18.5 Å². The first kappa shape index (κ1) is 22.1.